The highest BCUT2D eigenvalue weighted by Gasteiger charge is 2.23. The van der Waals surface area contributed by atoms with Crippen LogP contribution in [0.2, 0.25) is 0 Å². The van der Waals surface area contributed by atoms with Crippen LogP contribution in [0.1, 0.15) is 21.5 Å². The Kier molecular flexibility index (Phi) is 7.61. The number of carbonyl (C=O) groups is 1. The number of nitrogens with zero attached hydrogens (tertiary/aromatic N) is 6. The van der Waals surface area contributed by atoms with Crippen molar-refractivity contribution in [2.45, 2.75) is 6.42 Å². The molecule has 0 radical (unpaired) electrons. The Morgan fingerprint density at radius 2 is 1.34 bits per heavy atom. The average molecular weight is 578 g/mol. The van der Waals surface area contributed by atoms with E-state index < -0.39 is 0 Å². The number of anilines is 3. The van der Waals surface area contributed by atoms with E-state index in [2.05, 4.69) is 32.3 Å². The van der Waals surface area contributed by atoms with Crippen LogP contribution in [0.25, 0.3) is 22.3 Å². The number of fused-ring (bicyclic) bond motifs is 1. The predicted octanol–water partition coefficient (Wildman–Crippen LogP) is 6.38. The summed E-state index contributed by atoms with van der Waals surface area (Å²) in [5, 5.41) is 4.38. The van der Waals surface area contributed by atoms with Gasteiger partial charge in [-0.15, -0.1) is 0 Å². The van der Waals surface area contributed by atoms with Gasteiger partial charge in [-0.25, -0.2) is 19.9 Å². The third-order valence-corrected chi connectivity index (χ3v) is 7.82. The van der Waals surface area contributed by atoms with Gasteiger partial charge in [-0.05, 0) is 47.5 Å². The lowest BCUT2D eigenvalue weighted by Gasteiger charge is -2.34. The van der Waals surface area contributed by atoms with Crippen molar-refractivity contribution in [2.75, 3.05) is 36.4 Å². The van der Waals surface area contributed by atoms with Gasteiger partial charge in [0.15, 0.2) is 5.82 Å². The van der Waals surface area contributed by atoms with Gasteiger partial charge >= 0.3 is 0 Å². The highest BCUT2D eigenvalue weighted by Crippen LogP contribution is 2.27. The van der Waals surface area contributed by atoms with Crippen molar-refractivity contribution in [3.63, 3.8) is 0 Å². The number of piperazine rings is 1. The molecule has 44 heavy (non-hydrogen) atoms. The van der Waals surface area contributed by atoms with Gasteiger partial charge in [-0.3, -0.25) is 4.79 Å². The molecular weight excluding hydrogens is 546 g/mol. The number of benzene rings is 4. The van der Waals surface area contributed by atoms with E-state index in [1.807, 2.05) is 114 Å². The lowest BCUT2D eigenvalue weighted by atomic mass is 10.1. The lowest BCUT2D eigenvalue weighted by Crippen LogP contribution is -2.49. The fraction of sp³-hybridized carbons (Fsp3) is 0.139. The molecule has 0 unspecified atom stereocenters. The van der Waals surface area contributed by atoms with Crippen molar-refractivity contribution < 1.29 is 4.79 Å². The van der Waals surface area contributed by atoms with Crippen LogP contribution in [0.3, 0.4) is 0 Å². The fourth-order valence-corrected chi connectivity index (χ4v) is 5.45. The van der Waals surface area contributed by atoms with Crippen LogP contribution in [0.15, 0.2) is 122 Å². The number of hydrogen-bond acceptors (Lipinski definition) is 7. The Bertz CT molecular complexity index is 1870. The zero-order valence-electron chi connectivity index (χ0n) is 24.2. The zero-order valence-corrected chi connectivity index (χ0v) is 24.2. The molecular formula is C36H31N7O. The largest absolute Gasteiger partial charge is 0.340 e. The van der Waals surface area contributed by atoms with Crippen LogP contribution in [-0.4, -0.2) is 56.9 Å². The topological polar surface area (TPSA) is 87.1 Å². The first-order valence-electron chi connectivity index (χ1n) is 14.8. The maximum absolute atomic E-state index is 13.3. The van der Waals surface area contributed by atoms with E-state index in [1.54, 1.807) is 0 Å². The summed E-state index contributed by atoms with van der Waals surface area (Å²) in [6.45, 7) is 2.61. The first-order valence-corrected chi connectivity index (χ1v) is 14.8. The van der Waals surface area contributed by atoms with Gasteiger partial charge < -0.3 is 15.1 Å². The standard InChI is InChI=1S/C36H31N7O/c44-35(42-19-21-43(22-20-42)36-37-24-27(25-38-36)23-26-9-3-1-4-10-26)29-15-17-30(18-16-29)39-34-31-13-7-8-14-32(31)40-33(41-34)28-11-5-2-6-12-28/h1-18,24-25H,19-23H2,(H,39,40,41). The molecule has 1 amide bonds. The highest BCUT2D eigenvalue weighted by molar-refractivity contribution is 5.95. The highest BCUT2D eigenvalue weighted by atomic mass is 16.2. The summed E-state index contributed by atoms with van der Waals surface area (Å²) in [6.07, 6.45) is 4.60. The average Bonchev–Trinajstić information content (AvgIpc) is 3.09. The zero-order chi connectivity index (χ0) is 29.7. The van der Waals surface area contributed by atoms with Crippen molar-refractivity contribution in [3.8, 4) is 11.4 Å². The van der Waals surface area contributed by atoms with Crippen molar-refractivity contribution >= 4 is 34.3 Å². The minimum atomic E-state index is 0.0224. The fourth-order valence-electron chi connectivity index (χ4n) is 5.45. The molecule has 1 N–H and O–H groups in total. The first kappa shape index (κ1) is 27.2. The minimum absolute atomic E-state index is 0.0224. The normalized spacial score (nSPS) is 13.2. The smallest absolute Gasteiger partial charge is 0.253 e. The molecule has 0 bridgehead atoms. The molecule has 8 heteroatoms. The maximum atomic E-state index is 13.3. The Morgan fingerprint density at radius 3 is 2.07 bits per heavy atom. The van der Waals surface area contributed by atoms with Gasteiger partial charge in [0.1, 0.15) is 5.82 Å². The monoisotopic (exact) mass is 577 g/mol. The third kappa shape index (κ3) is 5.96. The van der Waals surface area contributed by atoms with Crippen molar-refractivity contribution in [2.24, 2.45) is 0 Å². The summed E-state index contributed by atoms with van der Waals surface area (Å²) >= 11 is 0. The predicted molar refractivity (Wildman–Crippen MR) is 174 cm³/mol. The molecule has 2 aromatic heterocycles. The van der Waals surface area contributed by atoms with Gasteiger partial charge in [-0.2, -0.15) is 0 Å². The van der Waals surface area contributed by atoms with Crippen LogP contribution in [-0.2, 0) is 6.42 Å². The molecule has 3 heterocycles. The summed E-state index contributed by atoms with van der Waals surface area (Å²) in [5.74, 6) is 2.11. The number of nitrogens with one attached hydrogen (secondary N) is 1. The number of amides is 1. The van der Waals surface area contributed by atoms with Gasteiger partial charge in [0.25, 0.3) is 5.91 Å². The third-order valence-electron chi connectivity index (χ3n) is 7.82. The molecule has 0 atom stereocenters. The van der Waals surface area contributed by atoms with Crippen molar-refractivity contribution in [1.29, 1.82) is 0 Å². The van der Waals surface area contributed by atoms with Gasteiger partial charge in [0.2, 0.25) is 5.95 Å². The summed E-state index contributed by atoms with van der Waals surface area (Å²) in [7, 11) is 0. The molecule has 1 aliphatic rings. The number of rotatable bonds is 7. The molecule has 0 saturated carbocycles. The molecule has 1 saturated heterocycles. The Labute approximate surface area is 256 Å². The van der Waals surface area contributed by atoms with Gasteiger partial charge in [0, 0.05) is 67.2 Å². The molecule has 4 aromatic carbocycles. The van der Waals surface area contributed by atoms with Crippen LogP contribution >= 0.6 is 0 Å². The van der Waals surface area contributed by atoms with E-state index in [-0.39, 0.29) is 5.91 Å². The summed E-state index contributed by atoms with van der Waals surface area (Å²) in [4.78, 5) is 36.2. The lowest BCUT2D eigenvalue weighted by molar-refractivity contribution is 0.0746. The van der Waals surface area contributed by atoms with E-state index in [0.29, 0.717) is 43.5 Å². The van der Waals surface area contributed by atoms with Crippen molar-refractivity contribution in [1.82, 2.24) is 24.8 Å². The number of para-hydroxylation sites is 1. The van der Waals surface area contributed by atoms with Gasteiger partial charge in [-0.1, -0.05) is 72.8 Å². The molecule has 1 aliphatic heterocycles. The molecule has 0 aliphatic carbocycles. The Morgan fingerprint density at radius 1 is 0.682 bits per heavy atom. The van der Waals surface area contributed by atoms with E-state index >= 15 is 0 Å². The second-order valence-electron chi connectivity index (χ2n) is 10.8. The Balaban J connectivity index is 0.991. The molecule has 7 rings (SSSR count). The maximum Gasteiger partial charge on any atom is 0.253 e. The van der Waals surface area contributed by atoms with E-state index in [1.165, 1.54) is 5.56 Å². The molecule has 216 valence electrons. The van der Waals surface area contributed by atoms with Crippen LogP contribution in [0.4, 0.5) is 17.5 Å². The van der Waals surface area contributed by atoms with E-state index in [4.69, 9.17) is 9.97 Å². The molecule has 6 aromatic rings. The SMILES string of the molecule is O=C(c1ccc(Nc2nc(-c3ccccc3)nc3ccccc23)cc1)N1CCN(c2ncc(Cc3ccccc3)cn2)CC1. The second-order valence-corrected chi connectivity index (χ2v) is 10.8. The second kappa shape index (κ2) is 12.3. The quantitative estimate of drug-likeness (QED) is 0.235. The molecule has 0 spiro atoms. The molecule has 1 fully saturated rings. The van der Waals surface area contributed by atoms with Crippen LogP contribution in [0.5, 0.6) is 0 Å². The molecule has 8 nitrogen and oxygen atoms in total. The number of carbonyl (C=O) groups excluding carboxylic acids is 1. The number of hydrogen-bond donors (Lipinski definition) is 1. The number of aromatic nitrogens is 4. The van der Waals surface area contributed by atoms with Gasteiger partial charge in [0.05, 0.1) is 5.52 Å². The van der Waals surface area contributed by atoms with Crippen molar-refractivity contribution in [3.05, 3.63) is 138 Å². The van der Waals surface area contributed by atoms with Crippen LogP contribution in [0, 0.1) is 0 Å². The van der Waals surface area contributed by atoms with E-state index in [9.17, 15) is 4.79 Å². The Hall–Kier alpha value is -5.63. The summed E-state index contributed by atoms with van der Waals surface area (Å²) in [5.41, 5.74) is 5.64. The van der Waals surface area contributed by atoms with Crippen LogP contribution < -0.4 is 10.2 Å². The first-order chi connectivity index (χ1) is 21.7. The summed E-state index contributed by atoms with van der Waals surface area (Å²) < 4.78 is 0. The summed E-state index contributed by atoms with van der Waals surface area (Å²) in [6, 6.07) is 35.8. The van der Waals surface area contributed by atoms with E-state index in [0.717, 1.165) is 40.0 Å². The minimum Gasteiger partial charge on any atom is -0.340 e.